The molecule has 10 nitrogen and oxygen atoms in total. The number of rotatable bonds is 2. The van der Waals surface area contributed by atoms with Gasteiger partial charge in [-0.05, 0) is 32.4 Å². The lowest BCUT2D eigenvalue weighted by Gasteiger charge is -2.23. The van der Waals surface area contributed by atoms with Crippen LogP contribution in [0.25, 0.3) is 0 Å². The van der Waals surface area contributed by atoms with Gasteiger partial charge in [0.05, 0.1) is 17.7 Å². The lowest BCUT2D eigenvalue weighted by atomic mass is 10.1. The predicted octanol–water partition coefficient (Wildman–Crippen LogP) is -0.587. The summed E-state index contributed by atoms with van der Waals surface area (Å²) in [6, 6.07) is 3.29. The number of hydrogen-bond donors (Lipinski definition) is 5. The molecule has 0 bridgehead atoms. The van der Waals surface area contributed by atoms with E-state index in [4.69, 9.17) is 4.74 Å². The molecule has 0 spiro atoms. The first kappa shape index (κ1) is 22.2. The first-order valence-corrected chi connectivity index (χ1v) is 9.22. The van der Waals surface area contributed by atoms with Crippen molar-refractivity contribution >= 4 is 23.7 Å². The Kier molecular flexibility index (Phi) is 7.54. The number of fused-ring (bicyclic) bond motifs is 1. The first-order chi connectivity index (χ1) is 13.7. The maximum atomic E-state index is 12.6. The predicted molar refractivity (Wildman–Crippen MR) is 101 cm³/mol. The van der Waals surface area contributed by atoms with Gasteiger partial charge in [-0.1, -0.05) is 12.1 Å². The van der Waals surface area contributed by atoms with Gasteiger partial charge in [0.2, 0.25) is 11.8 Å². The Morgan fingerprint density at radius 1 is 1.17 bits per heavy atom. The van der Waals surface area contributed by atoms with Gasteiger partial charge >= 0.3 is 5.97 Å². The molecule has 5 N–H and O–H groups in total. The van der Waals surface area contributed by atoms with E-state index in [2.05, 4.69) is 16.0 Å². The zero-order valence-electron chi connectivity index (χ0n) is 16.2. The Morgan fingerprint density at radius 3 is 2.52 bits per heavy atom. The highest BCUT2D eigenvalue weighted by molar-refractivity contribution is 5.99. The fraction of sp³-hybridized carbons (Fsp3) is 0.474. The van der Waals surface area contributed by atoms with Crippen molar-refractivity contribution in [1.29, 1.82) is 0 Å². The second-order valence-electron chi connectivity index (χ2n) is 6.91. The van der Waals surface area contributed by atoms with Crippen LogP contribution in [-0.4, -0.2) is 64.7 Å². The van der Waals surface area contributed by atoms with Gasteiger partial charge in [0, 0.05) is 6.42 Å². The molecule has 1 aromatic rings. The van der Waals surface area contributed by atoms with Gasteiger partial charge < -0.3 is 30.9 Å². The van der Waals surface area contributed by atoms with Crippen molar-refractivity contribution in [3.05, 3.63) is 29.8 Å². The number of ether oxygens (including phenoxy) is 1. The number of amides is 3. The van der Waals surface area contributed by atoms with Crippen molar-refractivity contribution in [3.63, 3.8) is 0 Å². The Labute approximate surface area is 167 Å². The molecule has 158 valence electrons. The van der Waals surface area contributed by atoms with E-state index in [1.807, 2.05) is 0 Å². The highest BCUT2D eigenvalue weighted by atomic mass is 16.5. The van der Waals surface area contributed by atoms with Crippen LogP contribution in [0.3, 0.4) is 0 Å². The van der Waals surface area contributed by atoms with E-state index >= 15 is 0 Å². The fourth-order valence-electron chi connectivity index (χ4n) is 2.79. The Bertz CT molecular complexity index is 781. The molecular formula is C19H25N3O7. The van der Waals surface area contributed by atoms with Crippen LogP contribution in [0.15, 0.2) is 24.3 Å². The molecule has 1 aliphatic rings. The minimum atomic E-state index is -1.32. The van der Waals surface area contributed by atoms with Gasteiger partial charge in [0.1, 0.15) is 24.4 Å². The summed E-state index contributed by atoms with van der Waals surface area (Å²) in [6.07, 6.45) is -1.62. The van der Waals surface area contributed by atoms with E-state index in [0.29, 0.717) is 0 Å². The summed E-state index contributed by atoms with van der Waals surface area (Å²) in [4.78, 5) is 48.7. The third-order valence-corrected chi connectivity index (χ3v) is 4.35. The SMILES string of the molecule is C[C@@H]1COc2ccccc2C(=O)N[C@H](C(=O)O)CCC(=O)N[C@@H]([C@@H](C)O)C(=O)N1. The zero-order valence-corrected chi connectivity index (χ0v) is 16.2. The number of carbonyl (C=O) groups excluding carboxylic acids is 3. The van der Waals surface area contributed by atoms with Crippen LogP contribution in [0.4, 0.5) is 0 Å². The standard InChI is InChI=1S/C19H25N3O7/c1-10-9-29-14-6-4-3-5-12(14)17(25)21-13(19(27)28)7-8-15(24)22-16(11(2)23)18(26)20-10/h3-6,10-11,13,16,23H,7-9H2,1-2H3,(H,20,26)(H,21,25)(H,22,24)(H,27,28)/t10-,11-,13+,16+/m1/s1. The van der Waals surface area contributed by atoms with Crippen LogP contribution in [0.1, 0.15) is 37.0 Å². The molecule has 0 unspecified atom stereocenters. The van der Waals surface area contributed by atoms with Gasteiger partial charge in [-0.25, -0.2) is 4.79 Å². The zero-order chi connectivity index (χ0) is 21.6. The molecule has 1 heterocycles. The molecule has 0 saturated carbocycles. The smallest absolute Gasteiger partial charge is 0.326 e. The van der Waals surface area contributed by atoms with E-state index in [1.165, 1.54) is 13.0 Å². The highest BCUT2D eigenvalue weighted by Crippen LogP contribution is 2.19. The van der Waals surface area contributed by atoms with Crippen LogP contribution in [0, 0.1) is 0 Å². The number of aliphatic hydroxyl groups is 1. The number of carboxylic acids is 1. The summed E-state index contributed by atoms with van der Waals surface area (Å²) in [5, 5.41) is 26.6. The van der Waals surface area contributed by atoms with Crippen LogP contribution in [0.2, 0.25) is 0 Å². The van der Waals surface area contributed by atoms with Crippen molar-refractivity contribution in [2.75, 3.05) is 6.61 Å². The summed E-state index contributed by atoms with van der Waals surface area (Å²) in [5.74, 6) is -2.94. The first-order valence-electron chi connectivity index (χ1n) is 9.22. The third-order valence-electron chi connectivity index (χ3n) is 4.35. The molecule has 1 aliphatic heterocycles. The molecule has 1 aromatic carbocycles. The van der Waals surface area contributed by atoms with Crippen molar-refractivity contribution in [2.24, 2.45) is 0 Å². The van der Waals surface area contributed by atoms with Gasteiger partial charge in [0.15, 0.2) is 0 Å². The molecule has 4 atom stereocenters. The molecule has 0 aromatic heterocycles. The number of nitrogens with one attached hydrogen (secondary N) is 3. The van der Waals surface area contributed by atoms with Crippen LogP contribution in [-0.2, 0) is 14.4 Å². The van der Waals surface area contributed by atoms with Crippen LogP contribution in [0.5, 0.6) is 5.75 Å². The molecule has 0 aliphatic carbocycles. The van der Waals surface area contributed by atoms with E-state index in [-0.39, 0.29) is 30.8 Å². The van der Waals surface area contributed by atoms with Crippen molar-refractivity contribution in [1.82, 2.24) is 16.0 Å². The van der Waals surface area contributed by atoms with Gasteiger partial charge in [-0.3, -0.25) is 14.4 Å². The number of aliphatic hydroxyl groups excluding tert-OH is 1. The highest BCUT2D eigenvalue weighted by Gasteiger charge is 2.29. The quantitative estimate of drug-likeness (QED) is 0.439. The number of carbonyl (C=O) groups is 4. The van der Waals surface area contributed by atoms with Crippen molar-refractivity contribution in [3.8, 4) is 5.75 Å². The molecular weight excluding hydrogens is 382 g/mol. The minimum Gasteiger partial charge on any atom is -0.491 e. The molecule has 2 rings (SSSR count). The number of aliphatic carboxylic acids is 1. The average molecular weight is 407 g/mol. The maximum absolute atomic E-state index is 12.6. The van der Waals surface area contributed by atoms with Crippen molar-refractivity contribution < 1.29 is 34.1 Å². The fourth-order valence-corrected chi connectivity index (χ4v) is 2.79. The number of hydrogen-bond acceptors (Lipinski definition) is 6. The minimum absolute atomic E-state index is 0.0128. The monoisotopic (exact) mass is 407 g/mol. The Hall–Kier alpha value is -3.14. The number of benzene rings is 1. The molecule has 10 heteroatoms. The number of carboxylic acid groups (broad SMARTS) is 1. The molecule has 3 amide bonds. The summed E-state index contributed by atoms with van der Waals surface area (Å²) in [7, 11) is 0. The molecule has 0 radical (unpaired) electrons. The second kappa shape index (κ2) is 9.87. The van der Waals surface area contributed by atoms with Gasteiger partial charge in [-0.2, -0.15) is 0 Å². The Morgan fingerprint density at radius 2 is 1.86 bits per heavy atom. The topological polar surface area (TPSA) is 154 Å². The van der Waals surface area contributed by atoms with E-state index < -0.39 is 47.9 Å². The largest absolute Gasteiger partial charge is 0.491 e. The molecule has 29 heavy (non-hydrogen) atoms. The maximum Gasteiger partial charge on any atom is 0.326 e. The number of para-hydroxylation sites is 1. The van der Waals surface area contributed by atoms with Crippen LogP contribution < -0.4 is 20.7 Å². The Balaban J connectivity index is 2.32. The van der Waals surface area contributed by atoms with E-state index in [1.54, 1.807) is 25.1 Å². The lowest BCUT2D eigenvalue weighted by Crippen LogP contribution is -2.54. The lowest BCUT2D eigenvalue weighted by molar-refractivity contribution is -0.139. The van der Waals surface area contributed by atoms with Crippen LogP contribution >= 0.6 is 0 Å². The summed E-state index contributed by atoms with van der Waals surface area (Å²) in [5.41, 5.74) is 0.137. The molecule has 0 fully saturated rings. The van der Waals surface area contributed by atoms with Gasteiger partial charge in [-0.15, -0.1) is 0 Å². The average Bonchev–Trinajstić information content (AvgIpc) is 2.66. The summed E-state index contributed by atoms with van der Waals surface area (Å²) < 4.78 is 5.63. The third kappa shape index (κ3) is 6.18. The van der Waals surface area contributed by atoms with Crippen molar-refractivity contribution in [2.45, 2.75) is 50.9 Å². The summed E-state index contributed by atoms with van der Waals surface area (Å²) >= 11 is 0. The van der Waals surface area contributed by atoms with E-state index in [9.17, 15) is 29.4 Å². The second-order valence-corrected chi connectivity index (χ2v) is 6.91. The normalized spacial score (nSPS) is 25.1. The van der Waals surface area contributed by atoms with E-state index in [0.717, 1.165) is 0 Å². The molecule has 0 saturated heterocycles. The summed E-state index contributed by atoms with van der Waals surface area (Å²) in [6.45, 7) is 3.04. The van der Waals surface area contributed by atoms with Gasteiger partial charge in [0.25, 0.3) is 5.91 Å².